The Morgan fingerprint density at radius 2 is 1.76 bits per heavy atom. The molecule has 25 heavy (non-hydrogen) atoms. The summed E-state index contributed by atoms with van der Waals surface area (Å²) in [6.07, 6.45) is 2.53. The van der Waals surface area contributed by atoms with Gasteiger partial charge in [-0.25, -0.2) is 9.18 Å². The SMILES string of the molecule is O=C(O)C(O)=CC(=O)c1ccc2ccn(Cc3ccc(F)cc3)c2c1. The molecule has 0 saturated carbocycles. The zero-order valence-electron chi connectivity index (χ0n) is 13.0. The first-order valence-electron chi connectivity index (χ1n) is 7.45. The normalized spacial score (nSPS) is 11.6. The van der Waals surface area contributed by atoms with E-state index >= 15 is 0 Å². The summed E-state index contributed by atoms with van der Waals surface area (Å²) in [5.74, 6) is -3.48. The molecule has 0 bridgehead atoms. The summed E-state index contributed by atoms with van der Waals surface area (Å²) >= 11 is 0. The van der Waals surface area contributed by atoms with Crippen LogP contribution >= 0.6 is 0 Å². The van der Waals surface area contributed by atoms with Crippen LogP contribution in [0.4, 0.5) is 4.39 Å². The number of allylic oxidation sites excluding steroid dienone is 1. The van der Waals surface area contributed by atoms with Gasteiger partial charge in [-0.3, -0.25) is 4.79 Å². The lowest BCUT2D eigenvalue weighted by Gasteiger charge is -2.07. The fraction of sp³-hybridized carbons (Fsp3) is 0.0526. The molecule has 2 N–H and O–H groups in total. The van der Waals surface area contributed by atoms with Crippen molar-refractivity contribution >= 4 is 22.7 Å². The Labute approximate surface area is 142 Å². The number of aliphatic hydroxyl groups excluding tert-OH is 1. The minimum absolute atomic E-state index is 0.263. The van der Waals surface area contributed by atoms with Crippen LogP contribution in [-0.4, -0.2) is 26.5 Å². The van der Waals surface area contributed by atoms with Crippen molar-refractivity contribution in [2.24, 2.45) is 0 Å². The van der Waals surface area contributed by atoms with Gasteiger partial charge in [0.05, 0.1) is 0 Å². The number of aromatic nitrogens is 1. The number of fused-ring (bicyclic) bond motifs is 1. The quantitative estimate of drug-likeness (QED) is 0.423. The van der Waals surface area contributed by atoms with Gasteiger partial charge < -0.3 is 14.8 Å². The van der Waals surface area contributed by atoms with Crippen molar-refractivity contribution in [3.63, 3.8) is 0 Å². The molecule has 1 aromatic heterocycles. The molecule has 0 aliphatic carbocycles. The summed E-state index contributed by atoms with van der Waals surface area (Å²) in [7, 11) is 0. The summed E-state index contributed by atoms with van der Waals surface area (Å²) in [5.41, 5.74) is 1.94. The van der Waals surface area contributed by atoms with E-state index < -0.39 is 17.5 Å². The number of rotatable bonds is 5. The summed E-state index contributed by atoms with van der Waals surface area (Å²) in [4.78, 5) is 22.7. The van der Waals surface area contributed by atoms with Crippen LogP contribution in [0.2, 0.25) is 0 Å². The largest absolute Gasteiger partial charge is 0.502 e. The van der Waals surface area contributed by atoms with Gasteiger partial charge in [0.2, 0.25) is 5.76 Å². The molecule has 0 aliphatic rings. The smallest absolute Gasteiger partial charge is 0.371 e. The molecular weight excluding hydrogens is 325 g/mol. The second-order valence-electron chi connectivity index (χ2n) is 5.54. The number of hydrogen-bond acceptors (Lipinski definition) is 3. The maximum Gasteiger partial charge on any atom is 0.371 e. The first-order valence-corrected chi connectivity index (χ1v) is 7.45. The molecule has 6 heteroatoms. The molecule has 5 nitrogen and oxygen atoms in total. The Bertz CT molecular complexity index is 986. The van der Waals surface area contributed by atoms with Gasteiger partial charge in [-0.2, -0.15) is 0 Å². The molecule has 0 spiro atoms. The first-order chi connectivity index (χ1) is 11.9. The van der Waals surface area contributed by atoms with E-state index in [1.165, 1.54) is 12.1 Å². The van der Waals surface area contributed by atoms with Crippen molar-refractivity contribution in [3.05, 3.63) is 83.5 Å². The third-order valence-electron chi connectivity index (χ3n) is 3.81. The molecule has 0 unspecified atom stereocenters. The predicted molar refractivity (Wildman–Crippen MR) is 90.1 cm³/mol. The minimum atomic E-state index is -1.56. The van der Waals surface area contributed by atoms with Crippen LogP contribution in [0.5, 0.6) is 0 Å². The summed E-state index contributed by atoms with van der Waals surface area (Å²) < 4.78 is 14.9. The van der Waals surface area contributed by atoms with Crippen molar-refractivity contribution in [2.45, 2.75) is 6.54 Å². The van der Waals surface area contributed by atoms with E-state index in [9.17, 15) is 19.1 Å². The van der Waals surface area contributed by atoms with Gasteiger partial charge in [0.1, 0.15) is 5.82 Å². The summed E-state index contributed by atoms with van der Waals surface area (Å²) in [5, 5.41) is 18.8. The maximum atomic E-state index is 13.0. The zero-order chi connectivity index (χ0) is 18.0. The number of aliphatic carboxylic acids is 1. The molecular formula is C19H14FNO4. The third kappa shape index (κ3) is 3.58. The number of carboxylic acid groups (broad SMARTS) is 1. The van der Waals surface area contributed by atoms with E-state index in [0.29, 0.717) is 12.6 Å². The van der Waals surface area contributed by atoms with Crippen molar-refractivity contribution in [2.75, 3.05) is 0 Å². The molecule has 0 fully saturated rings. The van der Waals surface area contributed by atoms with E-state index in [0.717, 1.165) is 16.5 Å². The number of carboxylic acids is 1. The summed E-state index contributed by atoms with van der Waals surface area (Å²) in [6, 6.07) is 13.0. The van der Waals surface area contributed by atoms with Crippen molar-refractivity contribution < 1.29 is 24.2 Å². The number of benzene rings is 2. The van der Waals surface area contributed by atoms with Crippen molar-refractivity contribution in [1.29, 1.82) is 0 Å². The van der Waals surface area contributed by atoms with E-state index in [1.807, 2.05) is 16.8 Å². The highest BCUT2D eigenvalue weighted by Crippen LogP contribution is 2.20. The second-order valence-corrected chi connectivity index (χ2v) is 5.54. The lowest BCUT2D eigenvalue weighted by molar-refractivity contribution is -0.135. The lowest BCUT2D eigenvalue weighted by atomic mass is 10.1. The number of aliphatic hydroxyl groups is 1. The number of ketones is 1. The van der Waals surface area contributed by atoms with Gasteiger partial charge in [-0.1, -0.05) is 24.3 Å². The molecule has 0 amide bonds. The molecule has 0 saturated heterocycles. The Balaban J connectivity index is 1.94. The molecule has 0 atom stereocenters. The number of halogens is 1. The average molecular weight is 339 g/mol. The summed E-state index contributed by atoms with van der Waals surface area (Å²) in [6.45, 7) is 0.498. The van der Waals surface area contributed by atoms with E-state index in [2.05, 4.69) is 0 Å². The molecule has 3 rings (SSSR count). The fourth-order valence-corrected chi connectivity index (χ4v) is 2.53. The number of nitrogens with zero attached hydrogens (tertiary/aromatic N) is 1. The van der Waals surface area contributed by atoms with Crippen LogP contribution in [0.15, 0.2) is 66.6 Å². The molecule has 1 heterocycles. The molecule has 0 aliphatic heterocycles. The number of hydrogen-bond donors (Lipinski definition) is 2. The molecule has 2 aromatic carbocycles. The molecule has 126 valence electrons. The zero-order valence-corrected chi connectivity index (χ0v) is 13.0. The van der Waals surface area contributed by atoms with Gasteiger partial charge in [0, 0.05) is 29.9 Å². The Morgan fingerprint density at radius 3 is 2.44 bits per heavy atom. The van der Waals surface area contributed by atoms with Crippen LogP contribution < -0.4 is 0 Å². The van der Waals surface area contributed by atoms with Crippen molar-refractivity contribution in [3.8, 4) is 0 Å². The average Bonchev–Trinajstić information content (AvgIpc) is 2.99. The highest BCUT2D eigenvalue weighted by Gasteiger charge is 2.11. The Kier molecular flexibility index (Phi) is 4.35. The van der Waals surface area contributed by atoms with Crippen LogP contribution in [0.1, 0.15) is 15.9 Å². The van der Waals surface area contributed by atoms with E-state index in [-0.39, 0.29) is 11.4 Å². The third-order valence-corrected chi connectivity index (χ3v) is 3.81. The van der Waals surface area contributed by atoms with Crippen LogP contribution in [0.3, 0.4) is 0 Å². The van der Waals surface area contributed by atoms with Crippen LogP contribution in [0.25, 0.3) is 10.9 Å². The highest BCUT2D eigenvalue weighted by atomic mass is 19.1. The van der Waals surface area contributed by atoms with Crippen LogP contribution in [-0.2, 0) is 11.3 Å². The second kappa shape index (κ2) is 6.60. The minimum Gasteiger partial charge on any atom is -0.502 e. The van der Waals surface area contributed by atoms with E-state index in [1.54, 1.807) is 30.3 Å². The first kappa shape index (κ1) is 16.4. The predicted octanol–water partition coefficient (Wildman–Crippen LogP) is 3.54. The van der Waals surface area contributed by atoms with Gasteiger partial charge >= 0.3 is 5.97 Å². The fourth-order valence-electron chi connectivity index (χ4n) is 2.53. The van der Waals surface area contributed by atoms with E-state index in [4.69, 9.17) is 5.11 Å². The van der Waals surface area contributed by atoms with Crippen molar-refractivity contribution in [1.82, 2.24) is 4.57 Å². The number of carbonyl (C=O) groups is 2. The number of carbonyl (C=O) groups excluding carboxylic acids is 1. The van der Waals surface area contributed by atoms with Crippen LogP contribution in [0, 0.1) is 5.82 Å². The topological polar surface area (TPSA) is 79.5 Å². The monoisotopic (exact) mass is 339 g/mol. The Morgan fingerprint density at radius 1 is 1.04 bits per heavy atom. The van der Waals surface area contributed by atoms with Gasteiger partial charge in [0.25, 0.3) is 0 Å². The highest BCUT2D eigenvalue weighted by molar-refractivity contribution is 6.09. The van der Waals surface area contributed by atoms with Gasteiger partial charge in [0.15, 0.2) is 5.78 Å². The molecule has 0 radical (unpaired) electrons. The van der Waals surface area contributed by atoms with Gasteiger partial charge in [-0.15, -0.1) is 0 Å². The van der Waals surface area contributed by atoms with Gasteiger partial charge in [-0.05, 0) is 35.2 Å². The lowest BCUT2D eigenvalue weighted by Crippen LogP contribution is -2.04. The molecule has 3 aromatic rings. The standard InChI is InChI=1S/C19H14FNO4/c20-15-5-1-12(2-6-15)11-21-8-7-13-3-4-14(9-16(13)21)17(22)10-18(23)19(24)25/h1-10,23H,11H2,(H,24,25). The Hall–Kier alpha value is -3.41. The maximum absolute atomic E-state index is 13.0.